The van der Waals surface area contributed by atoms with Gasteiger partial charge in [0.15, 0.2) is 0 Å². The van der Waals surface area contributed by atoms with Crippen LogP contribution in [0.25, 0.3) is 0 Å². The Morgan fingerprint density at radius 3 is 2.81 bits per heavy atom. The van der Waals surface area contributed by atoms with Crippen molar-refractivity contribution in [1.29, 1.82) is 0 Å². The summed E-state index contributed by atoms with van der Waals surface area (Å²) in [5.41, 5.74) is 0.109. The van der Waals surface area contributed by atoms with Gasteiger partial charge in [0.25, 0.3) is 5.91 Å². The van der Waals surface area contributed by atoms with Gasteiger partial charge in [-0.2, -0.15) is 0 Å². The largest absolute Gasteiger partial charge is 0.506 e. The molecule has 0 radical (unpaired) electrons. The smallest absolute Gasteiger partial charge is 0.255 e. The van der Waals surface area contributed by atoms with Crippen LogP contribution in [0.1, 0.15) is 16.8 Å². The van der Waals surface area contributed by atoms with Gasteiger partial charge >= 0.3 is 0 Å². The normalized spacial score (nSPS) is 10.2. The van der Waals surface area contributed by atoms with Crippen LogP contribution in [0.2, 0.25) is 5.02 Å². The lowest BCUT2D eigenvalue weighted by molar-refractivity contribution is 0.0948. The monoisotopic (exact) mass is 307 g/mol. The Labute approximate surface area is 106 Å². The number of phenolic OH excluding ortho intramolecular Hbond substituents is 1. The van der Waals surface area contributed by atoms with E-state index in [2.05, 4.69) is 21.2 Å². The van der Waals surface area contributed by atoms with Crippen LogP contribution in [0.5, 0.6) is 5.75 Å². The standard InChI is InChI=1S/C10H11BrClNO3/c11-8-5-6(12)4-7(9(8)15)10(16)13-2-1-3-14/h4-5,14-15H,1-3H2,(H,13,16). The zero-order chi connectivity index (χ0) is 12.1. The van der Waals surface area contributed by atoms with Crippen LogP contribution >= 0.6 is 27.5 Å². The topological polar surface area (TPSA) is 69.6 Å². The molecule has 0 aliphatic carbocycles. The van der Waals surface area contributed by atoms with E-state index in [9.17, 15) is 9.90 Å². The molecule has 0 unspecified atom stereocenters. The zero-order valence-electron chi connectivity index (χ0n) is 8.33. The minimum absolute atomic E-state index is 0.00546. The number of carbonyl (C=O) groups is 1. The maximum absolute atomic E-state index is 11.6. The summed E-state index contributed by atoms with van der Waals surface area (Å²) in [5.74, 6) is -0.569. The van der Waals surface area contributed by atoms with Gasteiger partial charge in [-0.1, -0.05) is 11.6 Å². The van der Waals surface area contributed by atoms with Crippen molar-refractivity contribution in [3.63, 3.8) is 0 Å². The molecule has 88 valence electrons. The number of hydrogen-bond acceptors (Lipinski definition) is 3. The molecule has 0 aliphatic heterocycles. The van der Waals surface area contributed by atoms with Crippen LogP contribution in [0.15, 0.2) is 16.6 Å². The number of carbonyl (C=O) groups excluding carboxylic acids is 1. The molecule has 0 aromatic heterocycles. The molecule has 1 aromatic carbocycles. The van der Waals surface area contributed by atoms with Gasteiger partial charge in [0.1, 0.15) is 5.75 Å². The molecule has 4 nitrogen and oxygen atoms in total. The first-order chi connectivity index (χ1) is 7.56. The molecule has 0 atom stereocenters. The first-order valence-corrected chi connectivity index (χ1v) is 5.80. The third-order valence-electron chi connectivity index (χ3n) is 1.89. The number of phenols is 1. The van der Waals surface area contributed by atoms with Gasteiger partial charge in [0.2, 0.25) is 0 Å². The summed E-state index contributed by atoms with van der Waals surface area (Å²) in [5, 5.41) is 21.1. The van der Waals surface area contributed by atoms with E-state index in [1.807, 2.05) is 0 Å². The van der Waals surface area contributed by atoms with Crippen molar-refractivity contribution in [2.45, 2.75) is 6.42 Å². The van der Waals surface area contributed by atoms with Crippen LogP contribution in [-0.2, 0) is 0 Å². The minimum Gasteiger partial charge on any atom is -0.506 e. The molecular weight excluding hydrogens is 297 g/mol. The van der Waals surface area contributed by atoms with Crippen molar-refractivity contribution in [2.24, 2.45) is 0 Å². The molecule has 0 aliphatic rings. The van der Waals surface area contributed by atoms with Gasteiger partial charge in [-0.15, -0.1) is 0 Å². The van der Waals surface area contributed by atoms with Gasteiger partial charge in [0, 0.05) is 18.2 Å². The number of rotatable bonds is 4. The highest BCUT2D eigenvalue weighted by Gasteiger charge is 2.14. The van der Waals surface area contributed by atoms with E-state index in [0.717, 1.165) is 0 Å². The molecule has 0 bridgehead atoms. The number of hydrogen-bond donors (Lipinski definition) is 3. The third kappa shape index (κ3) is 3.37. The lowest BCUT2D eigenvalue weighted by Crippen LogP contribution is -2.25. The average Bonchev–Trinajstić information content (AvgIpc) is 2.23. The maximum atomic E-state index is 11.6. The fourth-order valence-electron chi connectivity index (χ4n) is 1.12. The maximum Gasteiger partial charge on any atom is 0.255 e. The van der Waals surface area contributed by atoms with Crippen LogP contribution in [-0.4, -0.2) is 29.3 Å². The number of benzene rings is 1. The van der Waals surface area contributed by atoms with Gasteiger partial charge in [0.05, 0.1) is 10.0 Å². The van der Waals surface area contributed by atoms with Gasteiger partial charge < -0.3 is 15.5 Å². The fraction of sp³-hybridized carbons (Fsp3) is 0.300. The molecule has 1 aromatic rings. The van der Waals surface area contributed by atoms with E-state index in [1.54, 1.807) is 0 Å². The summed E-state index contributed by atoms with van der Waals surface area (Å²) in [7, 11) is 0. The Bertz CT molecular complexity index is 398. The molecule has 1 rings (SSSR count). The molecule has 0 saturated heterocycles. The van der Waals surface area contributed by atoms with Gasteiger partial charge in [-0.3, -0.25) is 4.79 Å². The summed E-state index contributed by atoms with van der Waals surface area (Å²) < 4.78 is 0.368. The van der Waals surface area contributed by atoms with Crippen molar-refractivity contribution in [1.82, 2.24) is 5.32 Å². The van der Waals surface area contributed by atoms with Crippen LogP contribution < -0.4 is 5.32 Å². The van der Waals surface area contributed by atoms with E-state index in [1.165, 1.54) is 12.1 Å². The molecule has 0 heterocycles. The SMILES string of the molecule is O=C(NCCCO)c1cc(Cl)cc(Br)c1O. The molecule has 0 spiro atoms. The van der Waals surface area contributed by atoms with Crippen molar-refractivity contribution < 1.29 is 15.0 Å². The van der Waals surface area contributed by atoms with Crippen LogP contribution in [0.3, 0.4) is 0 Å². The molecule has 6 heteroatoms. The second-order valence-electron chi connectivity index (χ2n) is 3.12. The summed E-state index contributed by atoms with van der Waals surface area (Å²) in [6, 6.07) is 2.89. The molecule has 0 saturated carbocycles. The number of aromatic hydroxyl groups is 1. The second-order valence-corrected chi connectivity index (χ2v) is 4.41. The van der Waals surface area contributed by atoms with Gasteiger partial charge in [-0.25, -0.2) is 0 Å². The second kappa shape index (κ2) is 6.08. The van der Waals surface area contributed by atoms with Crippen molar-refractivity contribution in [3.8, 4) is 5.75 Å². The minimum atomic E-state index is -0.422. The fourth-order valence-corrected chi connectivity index (χ4v) is 1.93. The Morgan fingerprint density at radius 1 is 1.50 bits per heavy atom. The quantitative estimate of drug-likeness (QED) is 0.744. The predicted octanol–water partition coefficient (Wildman–Crippen LogP) is 1.92. The Kier molecular flexibility index (Phi) is 5.05. The van der Waals surface area contributed by atoms with Crippen molar-refractivity contribution in [2.75, 3.05) is 13.2 Å². The number of halogens is 2. The first-order valence-electron chi connectivity index (χ1n) is 4.63. The lowest BCUT2D eigenvalue weighted by Gasteiger charge is -2.07. The highest BCUT2D eigenvalue weighted by Crippen LogP contribution is 2.31. The number of aliphatic hydroxyl groups is 1. The summed E-state index contributed by atoms with van der Waals surface area (Å²) in [6.45, 7) is 0.352. The predicted molar refractivity (Wildman–Crippen MR) is 64.9 cm³/mol. The van der Waals surface area contributed by atoms with E-state index in [0.29, 0.717) is 22.5 Å². The molecule has 16 heavy (non-hydrogen) atoms. The summed E-state index contributed by atoms with van der Waals surface area (Å²) in [6.07, 6.45) is 0.467. The Balaban J connectivity index is 2.82. The first kappa shape index (κ1) is 13.3. The number of aliphatic hydroxyl groups excluding tert-OH is 1. The summed E-state index contributed by atoms with van der Waals surface area (Å²) >= 11 is 8.86. The van der Waals surface area contributed by atoms with Crippen molar-refractivity contribution >= 4 is 33.4 Å². The van der Waals surface area contributed by atoms with E-state index >= 15 is 0 Å². The van der Waals surface area contributed by atoms with E-state index in [-0.39, 0.29) is 17.9 Å². The van der Waals surface area contributed by atoms with Crippen molar-refractivity contribution in [3.05, 3.63) is 27.2 Å². The molecule has 1 amide bonds. The number of amides is 1. The highest BCUT2D eigenvalue weighted by molar-refractivity contribution is 9.10. The van der Waals surface area contributed by atoms with Gasteiger partial charge in [-0.05, 0) is 34.5 Å². The molecule has 3 N–H and O–H groups in total. The Morgan fingerprint density at radius 2 is 2.19 bits per heavy atom. The van der Waals surface area contributed by atoms with E-state index < -0.39 is 5.91 Å². The summed E-state index contributed by atoms with van der Waals surface area (Å²) in [4.78, 5) is 11.6. The van der Waals surface area contributed by atoms with Crippen LogP contribution in [0.4, 0.5) is 0 Å². The lowest BCUT2D eigenvalue weighted by atomic mass is 10.2. The zero-order valence-corrected chi connectivity index (χ0v) is 10.7. The molecule has 0 fully saturated rings. The average molecular weight is 309 g/mol. The van der Waals surface area contributed by atoms with E-state index in [4.69, 9.17) is 16.7 Å². The third-order valence-corrected chi connectivity index (χ3v) is 2.72. The number of nitrogens with one attached hydrogen (secondary N) is 1. The molecular formula is C10H11BrClNO3. The highest BCUT2D eigenvalue weighted by atomic mass is 79.9. The van der Waals surface area contributed by atoms with Crippen LogP contribution in [0, 0.1) is 0 Å². The Hall–Kier alpha value is -0.780.